The SMILES string of the molecule is O=c1nc2c(c(-c3ccc(Cl)cc3)[nH]1)CCCCN2. The van der Waals surface area contributed by atoms with Crippen molar-refractivity contribution in [1.29, 1.82) is 0 Å². The Labute approximate surface area is 115 Å². The van der Waals surface area contributed by atoms with Crippen LogP contribution in [0.15, 0.2) is 29.1 Å². The van der Waals surface area contributed by atoms with Crippen molar-refractivity contribution in [2.45, 2.75) is 19.3 Å². The first-order valence-corrected chi connectivity index (χ1v) is 6.75. The summed E-state index contributed by atoms with van der Waals surface area (Å²) in [6.45, 7) is 0.865. The number of benzene rings is 1. The third kappa shape index (κ3) is 2.49. The van der Waals surface area contributed by atoms with Gasteiger partial charge in [0, 0.05) is 17.1 Å². The van der Waals surface area contributed by atoms with Gasteiger partial charge in [0.2, 0.25) is 0 Å². The van der Waals surface area contributed by atoms with E-state index in [-0.39, 0.29) is 5.69 Å². The molecular weight excluding hydrogens is 262 g/mol. The maximum Gasteiger partial charge on any atom is 0.347 e. The molecule has 1 aliphatic rings. The average molecular weight is 276 g/mol. The summed E-state index contributed by atoms with van der Waals surface area (Å²) in [7, 11) is 0. The third-order valence-electron chi connectivity index (χ3n) is 3.31. The molecule has 2 heterocycles. The number of aromatic nitrogens is 2. The lowest BCUT2D eigenvalue weighted by Gasteiger charge is -2.11. The Kier molecular flexibility index (Phi) is 3.25. The van der Waals surface area contributed by atoms with Crippen molar-refractivity contribution < 1.29 is 0 Å². The van der Waals surface area contributed by atoms with Crippen LogP contribution in [0.3, 0.4) is 0 Å². The highest BCUT2D eigenvalue weighted by Gasteiger charge is 2.15. The summed E-state index contributed by atoms with van der Waals surface area (Å²) in [5.74, 6) is 0.714. The average Bonchev–Trinajstić information content (AvgIpc) is 2.64. The quantitative estimate of drug-likeness (QED) is 0.841. The number of anilines is 1. The number of fused-ring (bicyclic) bond motifs is 1. The smallest absolute Gasteiger partial charge is 0.347 e. The van der Waals surface area contributed by atoms with E-state index >= 15 is 0 Å². The maximum atomic E-state index is 11.7. The van der Waals surface area contributed by atoms with Crippen LogP contribution in [0.4, 0.5) is 5.82 Å². The number of H-pyrrole nitrogens is 1. The van der Waals surface area contributed by atoms with E-state index in [1.165, 1.54) is 0 Å². The van der Waals surface area contributed by atoms with Gasteiger partial charge in [0.15, 0.2) is 0 Å². The van der Waals surface area contributed by atoms with Crippen LogP contribution in [0.5, 0.6) is 0 Å². The van der Waals surface area contributed by atoms with Crippen molar-refractivity contribution in [2.24, 2.45) is 0 Å². The topological polar surface area (TPSA) is 57.8 Å². The number of hydrogen-bond acceptors (Lipinski definition) is 3. The van der Waals surface area contributed by atoms with E-state index in [1.54, 1.807) is 0 Å². The molecule has 98 valence electrons. The second-order valence-electron chi connectivity index (χ2n) is 4.63. The molecule has 0 amide bonds. The number of halogens is 1. The lowest BCUT2D eigenvalue weighted by Crippen LogP contribution is -2.17. The number of nitrogens with one attached hydrogen (secondary N) is 2. The van der Waals surface area contributed by atoms with Gasteiger partial charge in [-0.15, -0.1) is 0 Å². The Balaban J connectivity index is 2.17. The van der Waals surface area contributed by atoms with E-state index in [0.717, 1.165) is 42.6 Å². The molecule has 19 heavy (non-hydrogen) atoms. The summed E-state index contributed by atoms with van der Waals surface area (Å²) < 4.78 is 0. The van der Waals surface area contributed by atoms with Gasteiger partial charge >= 0.3 is 5.69 Å². The summed E-state index contributed by atoms with van der Waals surface area (Å²) in [6, 6.07) is 7.48. The highest BCUT2D eigenvalue weighted by molar-refractivity contribution is 6.30. The molecular formula is C14H14ClN3O. The predicted octanol–water partition coefficient (Wildman–Crippen LogP) is 2.84. The monoisotopic (exact) mass is 275 g/mol. The molecule has 0 unspecified atom stereocenters. The van der Waals surface area contributed by atoms with Crippen LogP contribution in [0.1, 0.15) is 18.4 Å². The van der Waals surface area contributed by atoms with Crippen LogP contribution in [0.25, 0.3) is 11.3 Å². The normalized spacial score (nSPS) is 14.4. The second kappa shape index (κ2) is 5.05. The van der Waals surface area contributed by atoms with Crippen LogP contribution >= 0.6 is 11.6 Å². The highest BCUT2D eigenvalue weighted by Crippen LogP contribution is 2.28. The maximum absolute atomic E-state index is 11.7. The molecule has 2 aromatic rings. The Morgan fingerprint density at radius 3 is 2.74 bits per heavy atom. The molecule has 1 aliphatic heterocycles. The zero-order chi connectivity index (χ0) is 13.2. The first-order chi connectivity index (χ1) is 9.24. The minimum Gasteiger partial charge on any atom is -0.370 e. The molecule has 4 nitrogen and oxygen atoms in total. The minimum atomic E-state index is -0.321. The van der Waals surface area contributed by atoms with Crippen molar-refractivity contribution in [3.63, 3.8) is 0 Å². The number of nitrogens with zero attached hydrogens (tertiary/aromatic N) is 1. The third-order valence-corrected chi connectivity index (χ3v) is 3.56. The van der Waals surface area contributed by atoms with Gasteiger partial charge in [0.25, 0.3) is 0 Å². The molecule has 0 saturated carbocycles. The Morgan fingerprint density at radius 2 is 1.95 bits per heavy atom. The molecule has 3 rings (SSSR count). The molecule has 5 heteroatoms. The first kappa shape index (κ1) is 12.2. The second-order valence-corrected chi connectivity index (χ2v) is 5.07. The molecule has 1 aromatic heterocycles. The van der Waals surface area contributed by atoms with Gasteiger partial charge in [-0.1, -0.05) is 23.7 Å². The van der Waals surface area contributed by atoms with E-state index in [0.29, 0.717) is 10.8 Å². The van der Waals surface area contributed by atoms with Crippen molar-refractivity contribution >= 4 is 17.4 Å². The van der Waals surface area contributed by atoms with E-state index in [2.05, 4.69) is 15.3 Å². The van der Waals surface area contributed by atoms with Crippen LogP contribution in [0, 0.1) is 0 Å². The lowest BCUT2D eigenvalue weighted by molar-refractivity contribution is 0.785. The minimum absolute atomic E-state index is 0.321. The molecule has 0 saturated heterocycles. The van der Waals surface area contributed by atoms with Crippen molar-refractivity contribution in [2.75, 3.05) is 11.9 Å². The van der Waals surface area contributed by atoms with E-state index < -0.39 is 0 Å². The van der Waals surface area contributed by atoms with Crippen LogP contribution in [-0.4, -0.2) is 16.5 Å². The van der Waals surface area contributed by atoms with E-state index in [1.807, 2.05) is 24.3 Å². The van der Waals surface area contributed by atoms with Crippen molar-refractivity contribution in [1.82, 2.24) is 9.97 Å². The van der Waals surface area contributed by atoms with Crippen molar-refractivity contribution in [3.05, 3.63) is 45.3 Å². The van der Waals surface area contributed by atoms with Gasteiger partial charge in [-0.3, -0.25) is 0 Å². The molecule has 0 spiro atoms. The predicted molar refractivity (Wildman–Crippen MR) is 76.7 cm³/mol. The zero-order valence-electron chi connectivity index (χ0n) is 10.4. The summed E-state index contributed by atoms with van der Waals surface area (Å²) in [5.41, 5.74) is 2.57. The number of rotatable bonds is 1. The van der Waals surface area contributed by atoms with Gasteiger partial charge in [-0.25, -0.2) is 4.79 Å². The van der Waals surface area contributed by atoms with Crippen LogP contribution in [0.2, 0.25) is 5.02 Å². The van der Waals surface area contributed by atoms with Crippen LogP contribution < -0.4 is 11.0 Å². The van der Waals surface area contributed by atoms with Gasteiger partial charge in [0.05, 0.1) is 5.69 Å². The zero-order valence-corrected chi connectivity index (χ0v) is 11.1. The molecule has 0 radical (unpaired) electrons. The fraction of sp³-hybridized carbons (Fsp3) is 0.286. The van der Waals surface area contributed by atoms with Gasteiger partial charge in [0.1, 0.15) is 5.82 Å². The number of hydrogen-bond donors (Lipinski definition) is 2. The standard InChI is InChI=1S/C14H14ClN3O/c15-10-6-4-9(5-7-10)12-11-3-1-2-8-16-13(11)18-14(19)17-12/h4-7H,1-3,8H2,(H2,16,17,18,19). The van der Waals surface area contributed by atoms with E-state index in [4.69, 9.17) is 11.6 Å². The fourth-order valence-electron chi connectivity index (χ4n) is 2.38. The highest BCUT2D eigenvalue weighted by atomic mass is 35.5. The first-order valence-electron chi connectivity index (χ1n) is 6.37. The Bertz CT molecular complexity index is 649. The summed E-state index contributed by atoms with van der Waals surface area (Å²) in [6.07, 6.45) is 3.10. The molecule has 2 N–H and O–H groups in total. The summed E-state index contributed by atoms with van der Waals surface area (Å²) in [4.78, 5) is 18.6. The molecule has 0 atom stereocenters. The largest absolute Gasteiger partial charge is 0.370 e. The Hall–Kier alpha value is -1.81. The molecule has 0 bridgehead atoms. The van der Waals surface area contributed by atoms with Gasteiger partial charge < -0.3 is 10.3 Å². The van der Waals surface area contributed by atoms with E-state index in [9.17, 15) is 4.79 Å². The van der Waals surface area contributed by atoms with Crippen molar-refractivity contribution in [3.8, 4) is 11.3 Å². The lowest BCUT2D eigenvalue weighted by atomic mass is 10.0. The fourth-order valence-corrected chi connectivity index (χ4v) is 2.51. The summed E-state index contributed by atoms with van der Waals surface area (Å²) >= 11 is 5.90. The number of aromatic amines is 1. The van der Waals surface area contributed by atoms with Gasteiger partial charge in [-0.2, -0.15) is 4.98 Å². The Morgan fingerprint density at radius 1 is 1.16 bits per heavy atom. The molecule has 0 fully saturated rings. The van der Waals surface area contributed by atoms with Crippen LogP contribution in [-0.2, 0) is 6.42 Å². The summed E-state index contributed by atoms with van der Waals surface area (Å²) in [5, 5.41) is 3.91. The van der Waals surface area contributed by atoms with Gasteiger partial charge in [-0.05, 0) is 37.0 Å². The molecule has 0 aliphatic carbocycles. The molecule has 1 aromatic carbocycles.